The van der Waals surface area contributed by atoms with E-state index in [0.717, 1.165) is 88.7 Å². The van der Waals surface area contributed by atoms with Gasteiger partial charge in [-0.2, -0.15) is 0 Å². The topological polar surface area (TPSA) is 54.2 Å². The van der Waals surface area contributed by atoms with E-state index in [1.165, 1.54) is 0 Å². The van der Waals surface area contributed by atoms with E-state index in [1.807, 2.05) is 42.5 Å². The molecule has 1 saturated heterocycles. The van der Waals surface area contributed by atoms with Gasteiger partial charge in [0.1, 0.15) is 24.5 Å². The van der Waals surface area contributed by atoms with E-state index < -0.39 is 0 Å². The van der Waals surface area contributed by atoms with Crippen molar-refractivity contribution in [3.05, 3.63) is 107 Å². The van der Waals surface area contributed by atoms with Crippen molar-refractivity contribution in [1.29, 1.82) is 0 Å². The molecule has 1 aromatic heterocycles. The molecule has 6 rings (SSSR count). The fourth-order valence-corrected chi connectivity index (χ4v) is 5.68. The van der Waals surface area contributed by atoms with Crippen LogP contribution in [0.25, 0.3) is 11.3 Å². The molecule has 0 spiro atoms. The fourth-order valence-electron chi connectivity index (χ4n) is 5.68. The number of pyridine rings is 1. The molecule has 1 atom stereocenters. The molecule has 6 nitrogen and oxygen atoms in total. The Morgan fingerprint density at radius 1 is 0.900 bits per heavy atom. The van der Waals surface area contributed by atoms with Crippen LogP contribution in [0.5, 0.6) is 17.2 Å². The van der Waals surface area contributed by atoms with Gasteiger partial charge in [0.2, 0.25) is 0 Å². The zero-order valence-electron chi connectivity index (χ0n) is 23.3. The molecule has 6 heteroatoms. The quantitative estimate of drug-likeness (QED) is 0.253. The van der Waals surface area contributed by atoms with Crippen LogP contribution >= 0.6 is 0 Å². The van der Waals surface area contributed by atoms with Crippen molar-refractivity contribution in [3.8, 4) is 28.5 Å². The lowest BCUT2D eigenvalue weighted by molar-refractivity contribution is 0.117. The molecule has 1 unspecified atom stereocenters. The highest BCUT2D eigenvalue weighted by Crippen LogP contribution is 2.43. The van der Waals surface area contributed by atoms with Crippen LogP contribution in [0, 0.1) is 6.92 Å². The van der Waals surface area contributed by atoms with Gasteiger partial charge in [0.15, 0.2) is 11.5 Å². The average Bonchev–Trinajstić information content (AvgIpc) is 3.53. The monoisotopic (exact) mass is 536 g/mol. The first-order valence-electron chi connectivity index (χ1n) is 14.1. The summed E-state index contributed by atoms with van der Waals surface area (Å²) < 4.78 is 26.8. The molecule has 0 radical (unpaired) electrons. The molecule has 2 aliphatic heterocycles. The van der Waals surface area contributed by atoms with E-state index in [2.05, 4.69) is 47.9 Å². The third kappa shape index (κ3) is 5.50. The van der Waals surface area contributed by atoms with Crippen LogP contribution in [0.15, 0.2) is 83.9 Å². The molecule has 4 aromatic rings. The summed E-state index contributed by atoms with van der Waals surface area (Å²) >= 11 is 0. The summed E-state index contributed by atoms with van der Waals surface area (Å²) in [6.45, 7) is 5.40. The Kier molecular flexibility index (Phi) is 7.87. The van der Waals surface area contributed by atoms with Crippen LogP contribution in [0.3, 0.4) is 0 Å². The van der Waals surface area contributed by atoms with Crippen LogP contribution in [0.1, 0.15) is 35.1 Å². The lowest BCUT2D eigenvalue weighted by atomic mass is 9.93. The molecule has 0 bridgehead atoms. The first-order chi connectivity index (χ1) is 19.7. The van der Waals surface area contributed by atoms with E-state index in [9.17, 15) is 0 Å². The number of aromatic nitrogens is 1. The van der Waals surface area contributed by atoms with Gasteiger partial charge in [0.25, 0.3) is 0 Å². The first-order valence-corrected chi connectivity index (χ1v) is 14.1. The summed E-state index contributed by atoms with van der Waals surface area (Å²) in [4.78, 5) is 5.06. The number of rotatable bonds is 9. The predicted molar refractivity (Wildman–Crippen MR) is 156 cm³/mol. The SMILES string of the molecule is COc1c(OCc2ccccc2)ccc2c1CCn1c-2c(C)c(OCc2ccccc2)cc1=NCC1CCCO1. The molecule has 2 aliphatic rings. The van der Waals surface area contributed by atoms with Crippen molar-refractivity contribution in [2.75, 3.05) is 20.3 Å². The van der Waals surface area contributed by atoms with Crippen molar-refractivity contribution in [2.45, 2.75) is 52.0 Å². The van der Waals surface area contributed by atoms with Gasteiger partial charge < -0.3 is 23.5 Å². The molecule has 206 valence electrons. The molecular weight excluding hydrogens is 500 g/mol. The number of benzene rings is 3. The van der Waals surface area contributed by atoms with E-state index in [4.69, 9.17) is 23.9 Å². The highest BCUT2D eigenvalue weighted by atomic mass is 16.5. The molecular formula is C34H36N2O4. The molecule has 0 N–H and O–H groups in total. The second-order valence-electron chi connectivity index (χ2n) is 10.4. The van der Waals surface area contributed by atoms with Gasteiger partial charge in [-0.3, -0.25) is 4.99 Å². The third-order valence-electron chi connectivity index (χ3n) is 7.76. The number of ether oxygens (including phenoxy) is 4. The van der Waals surface area contributed by atoms with Gasteiger partial charge in [0, 0.05) is 35.9 Å². The van der Waals surface area contributed by atoms with Crippen molar-refractivity contribution >= 4 is 0 Å². The highest BCUT2D eigenvalue weighted by Gasteiger charge is 2.26. The molecule has 3 heterocycles. The number of hydrogen-bond donors (Lipinski definition) is 0. The Labute approximate surface area is 235 Å². The van der Waals surface area contributed by atoms with Crippen molar-refractivity contribution in [3.63, 3.8) is 0 Å². The summed E-state index contributed by atoms with van der Waals surface area (Å²) in [6, 6.07) is 26.7. The van der Waals surface area contributed by atoms with Gasteiger partial charge in [-0.15, -0.1) is 0 Å². The number of hydrogen-bond acceptors (Lipinski definition) is 5. The Morgan fingerprint density at radius 2 is 1.60 bits per heavy atom. The molecule has 0 saturated carbocycles. The summed E-state index contributed by atoms with van der Waals surface area (Å²) in [5.74, 6) is 2.40. The van der Waals surface area contributed by atoms with Crippen LogP contribution in [-0.4, -0.2) is 30.9 Å². The Balaban J connectivity index is 1.39. The van der Waals surface area contributed by atoms with E-state index in [-0.39, 0.29) is 6.10 Å². The zero-order valence-corrected chi connectivity index (χ0v) is 23.3. The summed E-state index contributed by atoms with van der Waals surface area (Å²) in [5, 5.41) is 0. The van der Waals surface area contributed by atoms with Gasteiger partial charge in [0.05, 0.1) is 25.5 Å². The van der Waals surface area contributed by atoms with Crippen LogP contribution < -0.4 is 19.7 Å². The minimum atomic E-state index is 0.187. The minimum Gasteiger partial charge on any atom is -0.493 e. The van der Waals surface area contributed by atoms with Gasteiger partial charge >= 0.3 is 0 Å². The van der Waals surface area contributed by atoms with Gasteiger partial charge in [-0.05, 0) is 49.4 Å². The maximum Gasteiger partial charge on any atom is 0.164 e. The third-order valence-corrected chi connectivity index (χ3v) is 7.76. The van der Waals surface area contributed by atoms with E-state index in [1.54, 1.807) is 7.11 Å². The number of methoxy groups -OCH3 is 1. The lowest BCUT2D eigenvalue weighted by Crippen LogP contribution is -2.29. The van der Waals surface area contributed by atoms with Crippen molar-refractivity contribution in [1.82, 2.24) is 4.57 Å². The molecule has 0 amide bonds. The Morgan fingerprint density at radius 3 is 2.25 bits per heavy atom. The fraction of sp³-hybridized carbons (Fsp3) is 0.324. The van der Waals surface area contributed by atoms with Gasteiger partial charge in [-0.1, -0.05) is 60.7 Å². The number of nitrogens with zero attached hydrogens (tertiary/aromatic N) is 2. The average molecular weight is 537 g/mol. The largest absolute Gasteiger partial charge is 0.493 e. The van der Waals surface area contributed by atoms with Crippen LogP contribution in [0.2, 0.25) is 0 Å². The van der Waals surface area contributed by atoms with E-state index in [0.29, 0.717) is 19.8 Å². The predicted octanol–water partition coefficient (Wildman–Crippen LogP) is 6.27. The minimum absolute atomic E-state index is 0.187. The molecule has 0 aliphatic carbocycles. The summed E-state index contributed by atoms with van der Waals surface area (Å²) in [5.41, 5.74) is 7.67. The molecule has 3 aromatic carbocycles. The molecule has 40 heavy (non-hydrogen) atoms. The standard InChI is InChI=1S/C34H36N2O4/c1-24-31(40-23-26-12-7-4-8-13-26)20-32(35-21-27-14-9-19-38-27)36-18-17-29-28(33(24)36)15-16-30(34(29)37-2)39-22-25-10-5-3-6-11-25/h3-8,10-13,15-16,20,27H,9,14,17-19,21-23H2,1-2H3. The smallest absolute Gasteiger partial charge is 0.164 e. The van der Waals surface area contributed by atoms with Crippen molar-refractivity contribution < 1.29 is 18.9 Å². The first kappa shape index (κ1) is 26.2. The Bertz CT molecular complexity index is 1520. The second kappa shape index (κ2) is 12.0. The Hall–Kier alpha value is -4.03. The van der Waals surface area contributed by atoms with E-state index >= 15 is 0 Å². The molecule has 1 fully saturated rings. The summed E-state index contributed by atoms with van der Waals surface area (Å²) in [7, 11) is 1.72. The second-order valence-corrected chi connectivity index (χ2v) is 10.4. The maximum absolute atomic E-state index is 6.42. The lowest BCUT2D eigenvalue weighted by Gasteiger charge is -2.28. The highest BCUT2D eigenvalue weighted by molar-refractivity contribution is 5.75. The van der Waals surface area contributed by atoms with Crippen LogP contribution in [0.4, 0.5) is 0 Å². The van der Waals surface area contributed by atoms with Gasteiger partial charge in [-0.25, -0.2) is 0 Å². The normalized spacial score (nSPS) is 16.4. The number of fused-ring (bicyclic) bond motifs is 3. The van der Waals surface area contributed by atoms with Crippen LogP contribution in [-0.2, 0) is 30.9 Å². The summed E-state index contributed by atoms with van der Waals surface area (Å²) in [6.07, 6.45) is 3.18. The zero-order chi connectivity index (χ0) is 27.3. The maximum atomic E-state index is 6.42. The van der Waals surface area contributed by atoms with Crippen molar-refractivity contribution in [2.24, 2.45) is 4.99 Å².